The summed E-state index contributed by atoms with van der Waals surface area (Å²) in [5, 5.41) is 2.79. The molecule has 1 N–H and O–H groups in total. The molecule has 1 aliphatic heterocycles. The fourth-order valence-corrected chi connectivity index (χ4v) is 1.53. The summed E-state index contributed by atoms with van der Waals surface area (Å²) < 4.78 is 4.79. The number of anilines is 1. The fraction of sp³-hybridized carbons (Fsp3) is 0.222. The fourth-order valence-electron chi connectivity index (χ4n) is 1.42. The number of carbonyl (C=O) groups excluding carboxylic acids is 1. The van der Waals surface area contributed by atoms with Crippen LogP contribution in [-0.4, -0.2) is 5.91 Å². The van der Waals surface area contributed by atoms with Crippen LogP contribution in [0.4, 0.5) is 5.69 Å². The number of aryl methyl sites for hydroxylation is 1. The molecule has 0 aromatic heterocycles. The molecule has 0 saturated carbocycles. The first-order valence-electron chi connectivity index (χ1n) is 4.04. The molecular formula is C9H9NO2S. The quantitative estimate of drug-likeness (QED) is 0.529. The topological polar surface area (TPSA) is 38.3 Å². The molecular weight excluding hydrogens is 186 g/mol. The summed E-state index contributed by atoms with van der Waals surface area (Å²) >= 11 is 3.71. The molecule has 0 spiro atoms. The summed E-state index contributed by atoms with van der Waals surface area (Å²) in [6.07, 6.45) is 1.31. The zero-order valence-corrected chi connectivity index (χ0v) is 7.80. The molecule has 0 bridgehead atoms. The second kappa shape index (κ2) is 3.30. The Bertz CT molecular complexity index is 351. The van der Waals surface area contributed by atoms with Crippen molar-refractivity contribution < 1.29 is 8.98 Å². The SMILES string of the molecule is O=C1CCc2cc(OS)ccc2N1. The summed E-state index contributed by atoms with van der Waals surface area (Å²) in [6.45, 7) is 0. The van der Waals surface area contributed by atoms with E-state index in [1.54, 1.807) is 6.07 Å². The Morgan fingerprint density at radius 1 is 1.38 bits per heavy atom. The zero-order valence-electron chi connectivity index (χ0n) is 6.91. The zero-order chi connectivity index (χ0) is 9.26. The predicted octanol–water partition coefficient (Wildman–Crippen LogP) is 1.79. The summed E-state index contributed by atoms with van der Waals surface area (Å²) in [6, 6.07) is 5.50. The molecule has 0 aliphatic carbocycles. The smallest absolute Gasteiger partial charge is 0.224 e. The summed E-state index contributed by atoms with van der Waals surface area (Å²) in [7, 11) is 0. The van der Waals surface area contributed by atoms with Crippen molar-refractivity contribution in [2.45, 2.75) is 12.8 Å². The lowest BCUT2D eigenvalue weighted by atomic mass is 10.0. The standard InChI is InChI=1S/C9H9NO2S/c11-9-4-1-6-5-7(12-13)2-3-8(6)10-9/h2-3,5,13H,1,4H2,(H,10,11). The molecule has 0 saturated heterocycles. The third-order valence-corrected chi connectivity index (χ3v) is 2.29. The molecule has 0 radical (unpaired) electrons. The summed E-state index contributed by atoms with van der Waals surface area (Å²) in [5.74, 6) is 0.783. The van der Waals surface area contributed by atoms with Gasteiger partial charge in [-0.05, 0) is 30.2 Å². The van der Waals surface area contributed by atoms with Gasteiger partial charge in [-0.15, -0.1) is 0 Å². The Morgan fingerprint density at radius 2 is 2.23 bits per heavy atom. The monoisotopic (exact) mass is 195 g/mol. The van der Waals surface area contributed by atoms with Crippen LogP contribution in [-0.2, 0) is 11.2 Å². The molecule has 1 aromatic rings. The van der Waals surface area contributed by atoms with Crippen molar-refractivity contribution in [2.75, 3.05) is 5.32 Å². The molecule has 1 aromatic carbocycles. The van der Waals surface area contributed by atoms with Crippen molar-refractivity contribution >= 4 is 24.5 Å². The number of rotatable bonds is 1. The number of hydrogen-bond acceptors (Lipinski definition) is 3. The molecule has 1 heterocycles. The molecule has 68 valence electrons. The third-order valence-electron chi connectivity index (χ3n) is 2.08. The van der Waals surface area contributed by atoms with E-state index >= 15 is 0 Å². The van der Waals surface area contributed by atoms with Gasteiger partial charge in [-0.25, -0.2) is 0 Å². The second-order valence-corrected chi connectivity index (χ2v) is 3.14. The maximum absolute atomic E-state index is 11.0. The van der Waals surface area contributed by atoms with Crippen LogP contribution in [0.25, 0.3) is 0 Å². The van der Waals surface area contributed by atoms with Crippen LogP contribution >= 0.6 is 12.9 Å². The lowest BCUT2D eigenvalue weighted by Gasteiger charge is -2.16. The first-order chi connectivity index (χ1) is 6.29. The minimum atomic E-state index is 0.0760. The van der Waals surface area contributed by atoms with Gasteiger partial charge in [0.15, 0.2) is 0 Å². The van der Waals surface area contributed by atoms with Crippen molar-refractivity contribution in [1.29, 1.82) is 0 Å². The van der Waals surface area contributed by atoms with E-state index in [-0.39, 0.29) is 5.91 Å². The van der Waals surface area contributed by atoms with E-state index in [0.717, 1.165) is 17.7 Å². The van der Waals surface area contributed by atoms with Gasteiger partial charge in [-0.3, -0.25) is 4.79 Å². The van der Waals surface area contributed by atoms with E-state index in [1.165, 1.54) is 0 Å². The second-order valence-electron chi connectivity index (χ2n) is 2.96. The maximum atomic E-state index is 11.0. The normalized spacial score (nSPS) is 14.7. The van der Waals surface area contributed by atoms with Gasteiger partial charge in [-0.1, -0.05) is 0 Å². The molecule has 3 nitrogen and oxygen atoms in total. The number of fused-ring (bicyclic) bond motifs is 1. The molecule has 4 heteroatoms. The van der Waals surface area contributed by atoms with Gasteiger partial charge < -0.3 is 9.50 Å². The van der Waals surface area contributed by atoms with Crippen molar-refractivity contribution in [3.63, 3.8) is 0 Å². The van der Waals surface area contributed by atoms with Crippen LogP contribution in [0.5, 0.6) is 5.75 Å². The van der Waals surface area contributed by atoms with Crippen molar-refractivity contribution in [1.82, 2.24) is 0 Å². The van der Waals surface area contributed by atoms with Crippen LogP contribution in [0.1, 0.15) is 12.0 Å². The molecule has 1 aliphatic rings. The number of amides is 1. The largest absolute Gasteiger partial charge is 0.429 e. The molecule has 0 fully saturated rings. The Kier molecular flexibility index (Phi) is 2.14. The van der Waals surface area contributed by atoms with Crippen LogP contribution in [0.2, 0.25) is 0 Å². The molecule has 0 unspecified atom stereocenters. The highest BCUT2D eigenvalue weighted by atomic mass is 32.1. The van der Waals surface area contributed by atoms with E-state index in [4.69, 9.17) is 4.18 Å². The van der Waals surface area contributed by atoms with Gasteiger partial charge >= 0.3 is 0 Å². The lowest BCUT2D eigenvalue weighted by Crippen LogP contribution is -2.18. The van der Waals surface area contributed by atoms with Gasteiger partial charge in [-0.2, -0.15) is 0 Å². The van der Waals surface area contributed by atoms with Gasteiger partial charge in [0, 0.05) is 25.0 Å². The Hall–Kier alpha value is -1.16. The lowest BCUT2D eigenvalue weighted by molar-refractivity contribution is -0.116. The Balaban J connectivity index is 2.36. The maximum Gasteiger partial charge on any atom is 0.224 e. The summed E-state index contributed by atoms with van der Waals surface area (Å²) in [4.78, 5) is 11.0. The first-order valence-corrected chi connectivity index (χ1v) is 4.40. The highest BCUT2D eigenvalue weighted by Gasteiger charge is 2.14. The highest BCUT2D eigenvalue weighted by Crippen LogP contribution is 2.26. The minimum Gasteiger partial charge on any atom is -0.429 e. The number of thiol groups is 1. The molecule has 1 amide bonds. The first kappa shape index (κ1) is 8.44. The van der Waals surface area contributed by atoms with Crippen LogP contribution in [0.15, 0.2) is 18.2 Å². The van der Waals surface area contributed by atoms with Crippen molar-refractivity contribution in [2.24, 2.45) is 0 Å². The number of hydrogen-bond donors (Lipinski definition) is 2. The van der Waals surface area contributed by atoms with E-state index < -0.39 is 0 Å². The van der Waals surface area contributed by atoms with E-state index in [0.29, 0.717) is 12.2 Å². The van der Waals surface area contributed by atoms with Crippen molar-refractivity contribution in [3.8, 4) is 5.75 Å². The average molecular weight is 195 g/mol. The molecule has 13 heavy (non-hydrogen) atoms. The third kappa shape index (κ3) is 1.62. The van der Waals surface area contributed by atoms with Gasteiger partial charge in [0.1, 0.15) is 5.75 Å². The van der Waals surface area contributed by atoms with Gasteiger partial charge in [0.2, 0.25) is 5.91 Å². The van der Waals surface area contributed by atoms with E-state index in [1.807, 2.05) is 12.1 Å². The minimum absolute atomic E-state index is 0.0760. The number of carbonyl (C=O) groups is 1. The van der Waals surface area contributed by atoms with E-state index in [9.17, 15) is 4.79 Å². The summed E-state index contributed by atoms with van der Waals surface area (Å²) in [5.41, 5.74) is 1.98. The van der Waals surface area contributed by atoms with Crippen LogP contribution in [0, 0.1) is 0 Å². The number of nitrogens with one attached hydrogen (secondary N) is 1. The number of benzene rings is 1. The average Bonchev–Trinajstić information content (AvgIpc) is 2.17. The Labute approximate surface area is 81.7 Å². The van der Waals surface area contributed by atoms with Crippen LogP contribution in [0.3, 0.4) is 0 Å². The van der Waals surface area contributed by atoms with Crippen LogP contribution < -0.4 is 9.50 Å². The van der Waals surface area contributed by atoms with E-state index in [2.05, 4.69) is 18.2 Å². The molecule has 2 rings (SSSR count). The van der Waals surface area contributed by atoms with Crippen molar-refractivity contribution in [3.05, 3.63) is 23.8 Å². The Morgan fingerprint density at radius 3 is 3.00 bits per heavy atom. The van der Waals surface area contributed by atoms with Gasteiger partial charge in [0.25, 0.3) is 0 Å². The highest BCUT2D eigenvalue weighted by molar-refractivity contribution is 7.75. The van der Waals surface area contributed by atoms with Gasteiger partial charge in [0.05, 0.1) is 0 Å². The molecule has 0 atom stereocenters. The predicted molar refractivity (Wildman–Crippen MR) is 53.0 cm³/mol.